The number of benzene rings is 1. The van der Waals surface area contributed by atoms with Crippen LogP contribution in [-0.2, 0) is 22.6 Å². The van der Waals surface area contributed by atoms with Crippen molar-refractivity contribution in [1.29, 1.82) is 0 Å². The van der Waals surface area contributed by atoms with Crippen LogP contribution in [0.3, 0.4) is 0 Å². The van der Waals surface area contributed by atoms with Crippen molar-refractivity contribution in [3.8, 4) is 0 Å². The van der Waals surface area contributed by atoms with E-state index in [0.29, 0.717) is 13.1 Å². The zero-order valence-corrected chi connectivity index (χ0v) is 13.7. The smallest absolute Gasteiger partial charge is 0.232 e. The molecule has 0 radical (unpaired) electrons. The maximum absolute atomic E-state index is 12.4. The maximum Gasteiger partial charge on any atom is 0.232 e. The van der Waals surface area contributed by atoms with Gasteiger partial charge in [-0.15, -0.1) is 0 Å². The average molecular weight is 302 g/mol. The van der Waals surface area contributed by atoms with Crippen molar-refractivity contribution in [3.05, 3.63) is 35.4 Å². The Morgan fingerprint density at radius 3 is 2.36 bits per heavy atom. The summed E-state index contributed by atoms with van der Waals surface area (Å²) >= 11 is 0. The Bertz CT molecular complexity index is 522. The van der Waals surface area contributed by atoms with Crippen LogP contribution in [0.2, 0.25) is 0 Å². The molecule has 0 saturated carbocycles. The van der Waals surface area contributed by atoms with E-state index in [2.05, 4.69) is 26.0 Å². The van der Waals surface area contributed by atoms with Crippen LogP contribution in [0.5, 0.6) is 0 Å². The van der Waals surface area contributed by atoms with Crippen molar-refractivity contribution in [1.82, 2.24) is 9.80 Å². The Balaban J connectivity index is 1.93. The molecule has 0 N–H and O–H groups in total. The summed E-state index contributed by atoms with van der Waals surface area (Å²) in [4.78, 5) is 28.3. The first-order chi connectivity index (χ1) is 10.7. The van der Waals surface area contributed by atoms with Crippen LogP contribution < -0.4 is 0 Å². The number of hydrogen-bond donors (Lipinski definition) is 0. The van der Waals surface area contributed by atoms with Crippen LogP contribution in [0.1, 0.15) is 44.2 Å². The highest BCUT2D eigenvalue weighted by molar-refractivity contribution is 5.97. The molecule has 2 rings (SSSR count). The van der Waals surface area contributed by atoms with Crippen molar-refractivity contribution in [2.75, 3.05) is 19.6 Å². The van der Waals surface area contributed by atoms with Gasteiger partial charge in [0, 0.05) is 26.2 Å². The first-order valence-electron chi connectivity index (χ1n) is 8.28. The Labute approximate surface area is 133 Å². The summed E-state index contributed by atoms with van der Waals surface area (Å²) in [6.07, 6.45) is 2.74. The Morgan fingerprint density at radius 1 is 1.09 bits per heavy atom. The second-order valence-electron chi connectivity index (χ2n) is 5.89. The van der Waals surface area contributed by atoms with Gasteiger partial charge in [-0.2, -0.15) is 0 Å². The summed E-state index contributed by atoms with van der Waals surface area (Å²) in [7, 11) is 0. The molecule has 0 spiro atoms. The van der Waals surface area contributed by atoms with Crippen molar-refractivity contribution in [3.63, 3.8) is 0 Å². The molecule has 4 nitrogen and oxygen atoms in total. The molecule has 2 amide bonds. The fourth-order valence-electron chi connectivity index (χ4n) is 2.96. The van der Waals surface area contributed by atoms with Gasteiger partial charge in [0.25, 0.3) is 0 Å². The predicted molar refractivity (Wildman–Crippen MR) is 87.3 cm³/mol. The van der Waals surface area contributed by atoms with E-state index in [1.807, 2.05) is 21.9 Å². The quantitative estimate of drug-likeness (QED) is 0.758. The van der Waals surface area contributed by atoms with E-state index in [4.69, 9.17) is 0 Å². The molecule has 1 aliphatic heterocycles. The Morgan fingerprint density at radius 2 is 1.73 bits per heavy atom. The van der Waals surface area contributed by atoms with Gasteiger partial charge < -0.3 is 9.80 Å². The summed E-state index contributed by atoms with van der Waals surface area (Å²) in [5, 5.41) is 0. The van der Waals surface area contributed by atoms with Crippen molar-refractivity contribution in [2.24, 2.45) is 0 Å². The van der Waals surface area contributed by atoms with Crippen LogP contribution in [0.25, 0.3) is 0 Å². The third-order valence-corrected chi connectivity index (χ3v) is 4.13. The molecule has 1 heterocycles. The summed E-state index contributed by atoms with van der Waals surface area (Å²) in [6.45, 7) is 6.93. The van der Waals surface area contributed by atoms with E-state index in [9.17, 15) is 9.59 Å². The molecule has 4 heteroatoms. The van der Waals surface area contributed by atoms with Crippen LogP contribution >= 0.6 is 0 Å². The lowest BCUT2D eigenvalue weighted by atomic mass is 10.00. The van der Waals surface area contributed by atoms with Gasteiger partial charge in [-0.3, -0.25) is 9.59 Å². The number of carbonyl (C=O) groups excluding carboxylic acids is 2. The molecule has 1 aliphatic rings. The lowest BCUT2D eigenvalue weighted by molar-refractivity contribution is -0.141. The number of nitrogens with zero attached hydrogens (tertiary/aromatic N) is 2. The predicted octanol–water partition coefficient (Wildman–Crippen LogP) is 2.61. The minimum Gasteiger partial charge on any atom is -0.342 e. The number of amides is 2. The first-order valence-corrected chi connectivity index (χ1v) is 8.28. The van der Waals surface area contributed by atoms with E-state index >= 15 is 0 Å². The molecule has 0 aliphatic carbocycles. The highest BCUT2D eigenvalue weighted by Gasteiger charge is 2.24. The molecule has 0 aromatic heterocycles. The zero-order chi connectivity index (χ0) is 15.9. The van der Waals surface area contributed by atoms with Gasteiger partial charge in [-0.1, -0.05) is 38.1 Å². The molecule has 0 saturated heterocycles. The van der Waals surface area contributed by atoms with Crippen molar-refractivity contribution in [2.45, 2.75) is 46.1 Å². The molecule has 0 fully saturated rings. The first kappa shape index (κ1) is 16.5. The molecule has 22 heavy (non-hydrogen) atoms. The second kappa shape index (κ2) is 7.97. The van der Waals surface area contributed by atoms with Crippen LogP contribution in [-0.4, -0.2) is 41.2 Å². The van der Waals surface area contributed by atoms with E-state index < -0.39 is 0 Å². The molecule has 0 bridgehead atoms. The topological polar surface area (TPSA) is 40.6 Å². The maximum atomic E-state index is 12.4. The molecular weight excluding hydrogens is 276 g/mol. The lowest BCUT2D eigenvalue weighted by Gasteiger charge is -2.29. The van der Waals surface area contributed by atoms with E-state index in [1.165, 1.54) is 11.1 Å². The minimum absolute atomic E-state index is 0.00215. The molecule has 1 aromatic carbocycles. The van der Waals surface area contributed by atoms with Gasteiger partial charge in [0.15, 0.2) is 0 Å². The summed E-state index contributed by atoms with van der Waals surface area (Å²) < 4.78 is 0. The van der Waals surface area contributed by atoms with E-state index in [0.717, 1.165) is 32.4 Å². The van der Waals surface area contributed by atoms with E-state index in [1.54, 1.807) is 0 Å². The molecular formula is C18H26N2O2. The van der Waals surface area contributed by atoms with Gasteiger partial charge in [-0.05, 0) is 30.4 Å². The largest absolute Gasteiger partial charge is 0.342 e. The number of carbonyl (C=O) groups is 2. The Kier molecular flexibility index (Phi) is 5.99. The van der Waals surface area contributed by atoms with Crippen LogP contribution in [0.4, 0.5) is 0 Å². The van der Waals surface area contributed by atoms with Crippen molar-refractivity contribution >= 4 is 11.8 Å². The van der Waals surface area contributed by atoms with Gasteiger partial charge in [0.2, 0.25) is 11.8 Å². The number of rotatable bonds is 6. The van der Waals surface area contributed by atoms with Crippen LogP contribution in [0, 0.1) is 0 Å². The fraction of sp³-hybridized carbons (Fsp3) is 0.556. The number of fused-ring (bicyclic) bond motifs is 1. The summed E-state index contributed by atoms with van der Waals surface area (Å²) in [5.41, 5.74) is 2.52. The van der Waals surface area contributed by atoms with E-state index in [-0.39, 0.29) is 18.2 Å². The average Bonchev–Trinajstić information content (AvgIpc) is 2.54. The monoisotopic (exact) mass is 302 g/mol. The minimum atomic E-state index is -0.0447. The van der Waals surface area contributed by atoms with Gasteiger partial charge in [0.05, 0.1) is 0 Å². The molecule has 0 unspecified atom stereocenters. The highest BCUT2D eigenvalue weighted by Crippen LogP contribution is 2.19. The number of hydrogen-bond acceptors (Lipinski definition) is 2. The van der Waals surface area contributed by atoms with Crippen molar-refractivity contribution < 1.29 is 9.59 Å². The third-order valence-electron chi connectivity index (χ3n) is 4.13. The Hall–Kier alpha value is -1.84. The van der Waals surface area contributed by atoms with Crippen LogP contribution in [0.15, 0.2) is 24.3 Å². The second-order valence-corrected chi connectivity index (χ2v) is 5.89. The van der Waals surface area contributed by atoms with Gasteiger partial charge >= 0.3 is 0 Å². The SMILES string of the molecule is CCCN(CCC)C(=O)CC(=O)N1CCc2ccccc2C1. The molecule has 0 atom stereocenters. The van der Waals surface area contributed by atoms with Gasteiger partial charge in [-0.25, -0.2) is 0 Å². The fourth-order valence-corrected chi connectivity index (χ4v) is 2.96. The normalized spacial score (nSPS) is 13.6. The third kappa shape index (κ3) is 4.09. The van der Waals surface area contributed by atoms with Gasteiger partial charge in [0.1, 0.15) is 6.42 Å². The zero-order valence-electron chi connectivity index (χ0n) is 13.7. The molecule has 120 valence electrons. The summed E-state index contributed by atoms with van der Waals surface area (Å²) in [6, 6.07) is 8.22. The standard InChI is InChI=1S/C18H26N2O2/c1-3-10-19(11-4-2)17(21)13-18(22)20-12-9-15-7-5-6-8-16(15)14-20/h5-8H,3-4,9-14H2,1-2H3. The summed E-state index contributed by atoms with van der Waals surface area (Å²) in [5.74, 6) is -0.0794. The molecule has 1 aromatic rings. The lowest BCUT2D eigenvalue weighted by Crippen LogP contribution is -2.40. The highest BCUT2D eigenvalue weighted by atomic mass is 16.2.